The molecule has 0 aliphatic heterocycles. The topological polar surface area (TPSA) is 0 Å². The third-order valence-electron chi connectivity index (χ3n) is 2.97. The lowest BCUT2D eigenvalue weighted by Crippen LogP contribution is -1.84. The van der Waals surface area contributed by atoms with E-state index in [-0.39, 0.29) is 5.82 Å². The molecule has 0 amide bonds. The van der Waals surface area contributed by atoms with Gasteiger partial charge < -0.3 is 0 Å². The van der Waals surface area contributed by atoms with Crippen LogP contribution in [0.15, 0.2) is 36.4 Å². The fourth-order valence-electron chi connectivity index (χ4n) is 1.72. The minimum Gasteiger partial charge on any atom is -0.206 e. The standard InChI is InChI=1S/C16H14ClF/c1-11-6-7-13(10-12(11)2)8-9-14-15(17)4-3-5-16(14)18/h3-10H,1-2H3/b9-8+. The van der Waals surface area contributed by atoms with Crippen LogP contribution in [-0.2, 0) is 0 Å². The van der Waals surface area contributed by atoms with E-state index in [1.165, 1.54) is 17.2 Å². The minimum atomic E-state index is -0.303. The third kappa shape index (κ3) is 2.80. The van der Waals surface area contributed by atoms with Crippen LogP contribution in [0, 0.1) is 19.7 Å². The van der Waals surface area contributed by atoms with Crippen molar-refractivity contribution in [2.75, 3.05) is 0 Å². The van der Waals surface area contributed by atoms with Crippen LogP contribution in [0.4, 0.5) is 4.39 Å². The molecule has 0 aliphatic carbocycles. The van der Waals surface area contributed by atoms with Crippen molar-refractivity contribution in [2.45, 2.75) is 13.8 Å². The van der Waals surface area contributed by atoms with Crippen LogP contribution < -0.4 is 0 Å². The zero-order chi connectivity index (χ0) is 13.1. The number of aryl methyl sites for hydroxylation is 2. The average Bonchev–Trinajstić information content (AvgIpc) is 2.33. The van der Waals surface area contributed by atoms with Gasteiger partial charge in [0.05, 0.1) is 5.02 Å². The Labute approximate surface area is 112 Å². The molecule has 0 saturated heterocycles. The van der Waals surface area contributed by atoms with Gasteiger partial charge in [0.25, 0.3) is 0 Å². The Hall–Kier alpha value is -1.60. The van der Waals surface area contributed by atoms with Crippen molar-refractivity contribution in [1.82, 2.24) is 0 Å². The van der Waals surface area contributed by atoms with Crippen LogP contribution in [0.5, 0.6) is 0 Å². The second-order valence-electron chi connectivity index (χ2n) is 4.31. The van der Waals surface area contributed by atoms with Crippen molar-refractivity contribution in [1.29, 1.82) is 0 Å². The lowest BCUT2D eigenvalue weighted by atomic mass is 10.1. The van der Waals surface area contributed by atoms with Gasteiger partial charge in [-0.2, -0.15) is 0 Å². The van der Waals surface area contributed by atoms with Crippen LogP contribution in [0.1, 0.15) is 22.3 Å². The first-order chi connectivity index (χ1) is 8.58. The highest BCUT2D eigenvalue weighted by molar-refractivity contribution is 6.32. The zero-order valence-corrected chi connectivity index (χ0v) is 11.1. The molecule has 0 aromatic heterocycles. The molecule has 0 unspecified atom stereocenters. The summed E-state index contributed by atoms with van der Waals surface area (Å²) in [6.45, 7) is 4.12. The predicted molar refractivity (Wildman–Crippen MR) is 76.3 cm³/mol. The molecule has 2 aromatic rings. The Kier molecular flexibility index (Phi) is 3.83. The third-order valence-corrected chi connectivity index (χ3v) is 3.30. The monoisotopic (exact) mass is 260 g/mol. The van der Waals surface area contributed by atoms with E-state index in [4.69, 9.17) is 11.6 Å². The second kappa shape index (κ2) is 5.36. The molecule has 2 heteroatoms. The van der Waals surface area contributed by atoms with Crippen LogP contribution >= 0.6 is 11.6 Å². The van der Waals surface area contributed by atoms with Crippen molar-refractivity contribution < 1.29 is 4.39 Å². The fraction of sp³-hybridized carbons (Fsp3) is 0.125. The molecular formula is C16H14ClF. The summed E-state index contributed by atoms with van der Waals surface area (Å²) in [4.78, 5) is 0. The number of rotatable bonds is 2. The fourth-order valence-corrected chi connectivity index (χ4v) is 1.94. The van der Waals surface area contributed by atoms with Gasteiger partial charge in [0, 0.05) is 5.56 Å². The molecule has 0 N–H and O–H groups in total. The normalized spacial score (nSPS) is 11.1. The van der Waals surface area contributed by atoms with E-state index in [0.717, 1.165) is 5.56 Å². The molecule has 2 rings (SSSR count). The first-order valence-corrected chi connectivity index (χ1v) is 6.15. The molecule has 0 spiro atoms. The van der Waals surface area contributed by atoms with Crippen molar-refractivity contribution >= 4 is 23.8 Å². The highest BCUT2D eigenvalue weighted by Gasteiger charge is 2.02. The highest BCUT2D eigenvalue weighted by atomic mass is 35.5. The molecule has 92 valence electrons. The van der Waals surface area contributed by atoms with E-state index < -0.39 is 0 Å². The van der Waals surface area contributed by atoms with Gasteiger partial charge in [0.15, 0.2) is 0 Å². The van der Waals surface area contributed by atoms with Gasteiger partial charge in [0.2, 0.25) is 0 Å². The smallest absolute Gasteiger partial charge is 0.131 e. The average molecular weight is 261 g/mol. The van der Waals surface area contributed by atoms with Crippen molar-refractivity contribution in [2.24, 2.45) is 0 Å². The predicted octanol–water partition coefficient (Wildman–Crippen LogP) is 5.27. The van der Waals surface area contributed by atoms with Crippen molar-refractivity contribution in [3.8, 4) is 0 Å². The van der Waals surface area contributed by atoms with Crippen LogP contribution in [0.3, 0.4) is 0 Å². The second-order valence-corrected chi connectivity index (χ2v) is 4.72. The minimum absolute atomic E-state index is 0.303. The maximum Gasteiger partial charge on any atom is 0.131 e. The van der Waals surface area contributed by atoms with E-state index in [9.17, 15) is 4.39 Å². The molecule has 2 aromatic carbocycles. The lowest BCUT2D eigenvalue weighted by Gasteiger charge is -2.02. The summed E-state index contributed by atoms with van der Waals surface area (Å²) >= 11 is 5.96. The summed E-state index contributed by atoms with van der Waals surface area (Å²) in [5.74, 6) is -0.303. The van der Waals surface area contributed by atoms with Gasteiger partial charge >= 0.3 is 0 Å². The summed E-state index contributed by atoms with van der Waals surface area (Å²) in [7, 11) is 0. The SMILES string of the molecule is Cc1ccc(/C=C/c2c(F)cccc2Cl)cc1C. The number of halogens is 2. The first kappa shape index (κ1) is 12.8. The van der Waals surface area contributed by atoms with Crippen LogP contribution in [0.2, 0.25) is 5.02 Å². The zero-order valence-electron chi connectivity index (χ0n) is 10.4. The molecule has 0 nitrogen and oxygen atoms in total. The summed E-state index contributed by atoms with van der Waals surface area (Å²) in [6, 6.07) is 10.8. The Bertz CT molecular complexity index is 580. The molecule has 0 heterocycles. The maximum absolute atomic E-state index is 13.6. The number of benzene rings is 2. The van der Waals surface area contributed by atoms with Gasteiger partial charge in [-0.15, -0.1) is 0 Å². The first-order valence-electron chi connectivity index (χ1n) is 5.77. The molecule has 0 fully saturated rings. The number of hydrogen-bond donors (Lipinski definition) is 0. The van der Waals surface area contributed by atoms with Gasteiger partial charge in [0.1, 0.15) is 5.82 Å². The summed E-state index contributed by atoms with van der Waals surface area (Å²) in [5.41, 5.74) is 3.93. The van der Waals surface area contributed by atoms with E-state index in [1.807, 2.05) is 12.1 Å². The molecule has 18 heavy (non-hydrogen) atoms. The molecule has 0 atom stereocenters. The maximum atomic E-state index is 13.6. The molecular weight excluding hydrogens is 247 g/mol. The van der Waals surface area contributed by atoms with Gasteiger partial charge in [-0.1, -0.05) is 41.9 Å². The summed E-state index contributed by atoms with van der Waals surface area (Å²) in [5, 5.41) is 0.426. The number of hydrogen-bond acceptors (Lipinski definition) is 0. The largest absolute Gasteiger partial charge is 0.206 e. The lowest BCUT2D eigenvalue weighted by molar-refractivity contribution is 0.625. The highest BCUT2D eigenvalue weighted by Crippen LogP contribution is 2.22. The molecule has 0 saturated carbocycles. The van der Waals surface area contributed by atoms with Gasteiger partial charge in [-0.05, 0) is 48.7 Å². The van der Waals surface area contributed by atoms with E-state index in [0.29, 0.717) is 10.6 Å². The van der Waals surface area contributed by atoms with E-state index >= 15 is 0 Å². The quantitative estimate of drug-likeness (QED) is 0.646. The summed E-state index contributed by atoms with van der Waals surface area (Å²) < 4.78 is 13.6. The molecule has 0 radical (unpaired) electrons. The van der Waals surface area contributed by atoms with Gasteiger partial charge in [-0.25, -0.2) is 4.39 Å². The van der Waals surface area contributed by atoms with Crippen molar-refractivity contribution in [3.05, 3.63) is 69.5 Å². The Morgan fingerprint density at radius 1 is 1.00 bits per heavy atom. The Morgan fingerprint density at radius 3 is 2.44 bits per heavy atom. The van der Waals surface area contributed by atoms with Crippen LogP contribution in [0.25, 0.3) is 12.2 Å². The van der Waals surface area contributed by atoms with Crippen LogP contribution in [-0.4, -0.2) is 0 Å². The van der Waals surface area contributed by atoms with E-state index in [1.54, 1.807) is 18.2 Å². The van der Waals surface area contributed by atoms with E-state index in [2.05, 4.69) is 26.0 Å². The Morgan fingerprint density at radius 2 is 1.78 bits per heavy atom. The molecule has 0 bridgehead atoms. The van der Waals surface area contributed by atoms with Gasteiger partial charge in [-0.3, -0.25) is 0 Å². The summed E-state index contributed by atoms with van der Waals surface area (Å²) in [6.07, 6.45) is 3.58. The van der Waals surface area contributed by atoms with Crippen molar-refractivity contribution in [3.63, 3.8) is 0 Å². The Balaban J connectivity index is 2.33. The molecule has 0 aliphatic rings.